The lowest BCUT2D eigenvalue weighted by molar-refractivity contribution is 0.784. The zero-order chi connectivity index (χ0) is 11.4. The maximum Gasteiger partial charge on any atom is 0.117 e. The number of nitrogens with one attached hydrogen (secondary N) is 1. The molecule has 1 unspecified atom stereocenters. The molecular weight excluding hydrogens is 218 g/mol. The SMILES string of the molecule is CNCC(C)Sc1ncnc2ccccc12. The molecule has 0 amide bonds. The van der Waals surface area contributed by atoms with E-state index < -0.39 is 0 Å². The Kier molecular flexibility index (Phi) is 3.74. The summed E-state index contributed by atoms with van der Waals surface area (Å²) in [5, 5.41) is 5.87. The van der Waals surface area contributed by atoms with Gasteiger partial charge in [-0.25, -0.2) is 9.97 Å². The van der Waals surface area contributed by atoms with Crippen LogP contribution in [0.15, 0.2) is 35.6 Å². The molecule has 3 nitrogen and oxygen atoms in total. The Labute approximate surface area is 99.7 Å². The minimum absolute atomic E-state index is 0.503. The van der Waals surface area contributed by atoms with Crippen LogP contribution in [-0.4, -0.2) is 28.8 Å². The molecule has 0 saturated heterocycles. The standard InChI is InChI=1S/C12H15N3S/c1-9(7-13-2)16-12-10-5-3-4-6-11(10)14-8-15-12/h3-6,8-9,13H,7H2,1-2H3. The second-order valence-electron chi connectivity index (χ2n) is 3.68. The molecule has 0 aliphatic carbocycles. The molecule has 1 aromatic carbocycles. The van der Waals surface area contributed by atoms with Crippen LogP contribution in [0.1, 0.15) is 6.92 Å². The molecular formula is C12H15N3S. The maximum absolute atomic E-state index is 4.35. The van der Waals surface area contributed by atoms with Gasteiger partial charge in [-0.15, -0.1) is 11.8 Å². The first-order valence-corrected chi connectivity index (χ1v) is 6.20. The fourth-order valence-corrected chi connectivity index (χ4v) is 2.63. The second-order valence-corrected chi connectivity index (χ2v) is 5.11. The Morgan fingerprint density at radius 2 is 2.12 bits per heavy atom. The minimum Gasteiger partial charge on any atom is -0.319 e. The molecule has 0 spiro atoms. The van der Waals surface area contributed by atoms with Crippen molar-refractivity contribution in [1.82, 2.24) is 15.3 Å². The summed E-state index contributed by atoms with van der Waals surface area (Å²) in [5.41, 5.74) is 1.01. The van der Waals surface area contributed by atoms with Gasteiger partial charge in [0, 0.05) is 17.2 Å². The Bertz CT molecular complexity index is 467. The lowest BCUT2D eigenvalue weighted by atomic mass is 10.2. The normalized spacial score (nSPS) is 12.9. The largest absolute Gasteiger partial charge is 0.319 e. The van der Waals surface area contributed by atoms with Crippen LogP contribution in [0.3, 0.4) is 0 Å². The van der Waals surface area contributed by atoms with E-state index >= 15 is 0 Å². The summed E-state index contributed by atoms with van der Waals surface area (Å²) in [7, 11) is 1.97. The Hall–Kier alpha value is -1.13. The molecule has 0 fully saturated rings. The van der Waals surface area contributed by atoms with Crippen molar-refractivity contribution in [2.24, 2.45) is 0 Å². The van der Waals surface area contributed by atoms with E-state index in [-0.39, 0.29) is 0 Å². The Balaban J connectivity index is 2.30. The molecule has 0 aliphatic rings. The lowest BCUT2D eigenvalue weighted by Crippen LogP contribution is -2.17. The molecule has 0 bridgehead atoms. The van der Waals surface area contributed by atoms with E-state index in [1.807, 2.05) is 25.2 Å². The van der Waals surface area contributed by atoms with Gasteiger partial charge in [-0.1, -0.05) is 25.1 Å². The van der Waals surface area contributed by atoms with E-state index in [0.29, 0.717) is 5.25 Å². The van der Waals surface area contributed by atoms with Crippen molar-refractivity contribution in [1.29, 1.82) is 0 Å². The van der Waals surface area contributed by atoms with Gasteiger partial charge < -0.3 is 5.32 Å². The first kappa shape index (κ1) is 11.4. The fraction of sp³-hybridized carbons (Fsp3) is 0.333. The van der Waals surface area contributed by atoms with Gasteiger partial charge in [-0.3, -0.25) is 0 Å². The van der Waals surface area contributed by atoms with Gasteiger partial charge >= 0.3 is 0 Å². The highest BCUT2D eigenvalue weighted by atomic mass is 32.2. The number of para-hydroxylation sites is 1. The summed E-state index contributed by atoms with van der Waals surface area (Å²) in [6.45, 7) is 3.17. The smallest absolute Gasteiger partial charge is 0.117 e. The number of aromatic nitrogens is 2. The second kappa shape index (κ2) is 5.27. The van der Waals surface area contributed by atoms with Crippen LogP contribution < -0.4 is 5.32 Å². The summed E-state index contributed by atoms with van der Waals surface area (Å²) < 4.78 is 0. The number of fused-ring (bicyclic) bond motifs is 1. The predicted molar refractivity (Wildman–Crippen MR) is 68.8 cm³/mol. The zero-order valence-electron chi connectivity index (χ0n) is 9.47. The minimum atomic E-state index is 0.503. The van der Waals surface area contributed by atoms with E-state index in [4.69, 9.17) is 0 Å². The van der Waals surface area contributed by atoms with Crippen LogP contribution in [0.4, 0.5) is 0 Å². The summed E-state index contributed by atoms with van der Waals surface area (Å²) in [4.78, 5) is 8.61. The van der Waals surface area contributed by atoms with Crippen molar-refractivity contribution >= 4 is 22.7 Å². The number of hydrogen-bond acceptors (Lipinski definition) is 4. The third kappa shape index (κ3) is 2.51. The summed E-state index contributed by atoms with van der Waals surface area (Å²) >= 11 is 1.78. The van der Waals surface area contributed by atoms with Crippen LogP contribution in [0.25, 0.3) is 10.9 Å². The topological polar surface area (TPSA) is 37.8 Å². The summed E-state index contributed by atoms with van der Waals surface area (Å²) in [6, 6.07) is 8.12. The highest BCUT2D eigenvalue weighted by Gasteiger charge is 2.08. The van der Waals surface area contributed by atoms with E-state index in [9.17, 15) is 0 Å². The first-order valence-electron chi connectivity index (χ1n) is 5.32. The van der Waals surface area contributed by atoms with E-state index in [1.165, 1.54) is 0 Å². The molecule has 1 aromatic heterocycles. The molecule has 4 heteroatoms. The molecule has 0 saturated carbocycles. The number of thioether (sulfide) groups is 1. The highest BCUT2D eigenvalue weighted by Crippen LogP contribution is 2.27. The van der Waals surface area contributed by atoms with Crippen molar-refractivity contribution in [3.63, 3.8) is 0 Å². The highest BCUT2D eigenvalue weighted by molar-refractivity contribution is 8.00. The van der Waals surface area contributed by atoms with Crippen LogP contribution in [0, 0.1) is 0 Å². The predicted octanol–water partition coefficient (Wildman–Crippen LogP) is 2.33. The quantitative estimate of drug-likeness (QED) is 0.649. The maximum atomic E-state index is 4.35. The van der Waals surface area contributed by atoms with Crippen molar-refractivity contribution in [2.45, 2.75) is 17.2 Å². The number of rotatable bonds is 4. The van der Waals surface area contributed by atoms with Crippen LogP contribution in [-0.2, 0) is 0 Å². The molecule has 1 atom stereocenters. The molecule has 0 aliphatic heterocycles. The van der Waals surface area contributed by atoms with E-state index in [1.54, 1.807) is 18.1 Å². The number of nitrogens with zero attached hydrogens (tertiary/aromatic N) is 2. The van der Waals surface area contributed by atoms with Crippen molar-refractivity contribution < 1.29 is 0 Å². The van der Waals surface area contributed by atoms with Crippen molar-refractivity contribution in [3.05, 3.63) is 30.6 Å². The van der Waals surface area contributed by atoms with Crippen LogP contribution >= 0.6 is 11.8 Å². The number of hydrogen-bond donors (Lipinski definition) is 1. The molecule has 2 aromatic rings. The van der Waals surface area contributed by atoms with Gasteiger partial charge in [-0.05, 0) is 13.1 Å². The first-order chi connectivity index (χ1) is 7.81. The van der Waals surface area contributed by atoms with Crippen molar-refractivity contribution in [3.8, 4) is 0 Å². The number of benzene rings is 1. The van der Waals surface area contributed by atoms with Gasteiger partial charge in [-0.2, -0.15) is 0 Å². The van der Waals surface area contributed by atoms with Gasteiger partial charge in [0.05, 0.1) is 5.52 Å². The third-order valence-corrected chi connectivity index (χ3v) is 3.43. The van der Waals surface area contributed by atoms with Gasteiger partial charge in [0.2, 0.25) is 0 Å². The lowest BCUT2D eigenvalue weighted by Gasteiger charge is -2.10. The Morgan fingerprint density at radius 1 is 1.31 bits per heavy atom. The van der Waals surface area contributed by atoms with Crippen molar-refractivity contribution in [2.75, 3.05) is 13.6 Å². The van der Waals surface area contributed by atoms with Gasteiger partial charge in [0.1, 0.15) is 11.4 Å². The zero-order valence-corrected chi connectivity index (χ0v) is 10.3. The van der Waals surface area contributed by atoms with Gasteiger partial charge in [0.25, 0.3) is 0 Å². The average molecular weight is 233 g/mol. The molecule has 0 radical (unpaired) electrons. The van der Waals surface area contributed by atoms with Crippen LogP contribution in [0.5, 0.6) is 0 Å². The average Bonchev–Trinajstić information content (AvgIpc) is 2.30. The van der Waals surface area contributed by atoms with E-state index in [2.05, 4.69) is 28.3 Å². The Morgan fingerprint density at radius 3 is 2.94 bits per heavy atom. The van der Waals surface area contributed by atoms with Gasteiger partial charge in [0.15, 0.2) is 0 Å². The molecule has 1 N–H and O–H groups in total. The fourth-order valence-electron chi connectivity index (χ4n) is 1.59. The molecule has 2 rings (SSSR count). The molecule has 84 valence electrons. The van der Waals surface area contributed by atoms with E-state index in [0.717, 1.165) is 22.5 Å². The summed E-state index contributed by atoms with van der Waals surface area (Å²) in [5.74, 6) is 0. The van der Waals surface area contributed by atoms with Crippen LogP contribution in [0.2, 0.25) is 0 Å². The third-order valence-electron chi connectivity index (χ3n) is 2.31. The summed E-state index contributed by atoms with van der Waals surface area (Å²) in [6.07, 6.45) is 1.64. The monoisotopic (exact) mass is 233 g/mol. The molecule has 16 heavy (non-hydrogen) atoms. The molecule has 1 heterocycles.